The van der Waals surface area contributed by atoms with Gasteiger partial charge in [-0.1, -0.05) is 23.7 Å². The number of benzene rings is 1. The summed E-state index contributed by atoms with van der Waals surface area (Å²) in [5, 5.41) is 30.7. The molecule has 0 aliphatic carbocycles. The van der Waals surface area contributed by atoms with Gasteiger partial charge in [-0.05, 0) is 17.7 Å². The number of aliphatic hydroxyl groups excluding tert-OH is 1. The fraction of sp³-hybridized carbons (Fsp3) is 0.211. The van der Waals surface area contributed by atoms with Crippen LogP contribution in [0.5, 0.6) is 0 Å². The van der Waals surface area contributed by atoms with E-state index in [4.69, 9.17) is 22.0 Å². The van der Waals surface area contributed by atoms with Gasteiger partial charge in [0.25, 0.3) is 5.91 Å². The number of hydrogen-bond acceptors (Lipinski definition) is 8. The number of anilines is 3. The summed E-state index contributed by atoms with van der Waals surface area (Å²) >= 11 is 6.20. The number of nitrogens with one attached hydrogen (secondary N) is 3. The molecule has 11 heteroatoms. The Kier molecular flexibility index (Phi) is 7.15. The number of carbonyl (C=O) groups is 1. The van der Waals surface area contributed by atoms with Crippen LogP contribution in [-0.4, -0.2) is 43.9 Å². The van der Waals surface area contributed by atoms with Crippen LogP contribution in [-0.2, 0) is 13.1 Å². The topological polar surface area (TPSA) is 141 Å². The number of hydrogen-bond donors (Lipinski definition) is 4. The van der Waals surface area contributed by atoms with Crippen LogP contribution >= 0.6 is 11.6 Å². The average molecular weight is 427 g/mol. The normalized spacial score (nSPS) is 10.3. The van der Waals surface area contributed by atoms with Gasteiger partial charge in [0.05, 0.1) is 37.3 Å². The number of halogens is 1. The van der Waals surface area contributed by atoms with Gasteiger partial charge in [-0.25, -0.2) is 4.98 Å². The van der Waals surface area contributed by atoms with E-state index in [1.807, 2.05) is 12.1 Å². The summed E-state index contributed by atoms with van der Waals surface area (Å²) in [4.78, 5) is 20.5. The number of carbonyl (C=O) groups excluding carboxylic acids is 1. The van der Waals surface area contributed by atoms with E-state index in [2.05, 4.69) is 31.0 Å². The molecule has 1 amide bonds. The maximum atomic E-state index is 12.0. The van der Waals surface area contributed by atoms with E-state index in [1.165, 1.54) is 6.20 Å². The van der Waals surface area contributed by atoms with Gasteiger partial charge in [-0.2, -0.15) is 15.3 Å². The first-order valence-electron chi connectivity index (χ1n) is 9.00. The van der Waals surface area contributed by atoms with Crippen LogP contribution < -0.4 is 16.0 Å². The molecule has 0 spiro atoms. The number of nitriles is 1. The summed E-state index contributed by atoms with van der Waals surface area (Å²) in [6, 6.07) is 8.89. The molecule has 4 N–H and O–H groups in total. The van der Waals surface area contributed by atoms with Crippen LogP contribution in [0.3, 0.4) is 0 Å². The fourth-order valence-electron chi connectivity index (χ4n) is 2.56. The molecule has 154 valence electrons. The monoisotopic (exact) mass is 426 g/mol. The highest BCUT2D eigenvalue weighted by Crippen LogP contribution is 2.22. The van der Waals surface area contributed by atoms with Gasteiger partial charge in [0.1, 0.15) is 11.6 Å². The molecule has 10 nitrogen and oxygen atoms in total. The lowest BCUT2D eigenvalue weighted by atomic mass is 10.1. The highest BCUT2D eigenvalue weighted by molar-refractivity contribution is 6.32. The van der Waals surface area contributed by atoms with Crippen molar-refractivity contribution < 1.29 is 9.90 Å². The van der Waals surface area contributed by atoms with Gasteiger partial charge in [-0.15, -0.1) is 0 Å². The van der Waals surface area contributed by atoms with Gasteiger partial charge in [0.2, 0.25) is 5.95 Å². The second-order valence-electron chi connectivity index (χ2n) is 6.13. The molecule has 3 aromatic rings. The van der Waals surface area contributed by atoms with Gasteiger partial charge >= 0.3 is 0 Å². The average Bonchev–Trinajstić information content (AvgIpc) is 3.19. The van der Waals surface area contributed by atoms with Crippen LogP contribution in [0.4, 0.5) is 17.5 Å². The number of amides is 1. The van der Waals surface area contributed by atoms with Crippen molar-refractivity contribution in [2.24, 2.45) is 0 Å². The zero-order valence-corrected chi connectivity index (χ0v) is 16.6. The second kappa shape index (κ2) is 10.2. The third-order valence-electron chi connectivity index (χ3n) is 3.94. The molecule has 3 rings (SSSR count). The Morgan fingerprint density at radius 2 is 2.20 bits per heavy atom. The molecule has 30 heavy (non-hydrogen) atoms. The molecule has 2 aromatic heterocycles. The molecule has 1 aromatic carbocycles. The smallest absolute Gasteiger partial charge is 0.252 e. The molecule has 0 fully saturated rings. The third-order valence-corrected chi connectivity index (χ3v) is 4.22. The molecule has 0 radical (unpaired) electrons. The van der Waals surface area contributed by atoms with Crippen LogP contribution in [0.25, 0.3) is 0 Å². The molecular weight excluding hydrogens is 408 g/mol. The van der Waals surface area contributed by atoms with E-state index in [1.54, 1.807) is 35.3 Å². The predicted octanol–water partition coefficient (Wildman–Crippen LogP) is 1.93. The highest BCUT2D eigenvalue weighted by atomic mass is 35.5. The third kappa shape index (κ3) is 5.66. The first kappa shape index (κ1) is 21.0. The molecule has 0 aliphatic rings. The lowest BCUT2D eigenvalue weighted by Crippen LogP contribution is -2.23. The second-order valence-corrected chi connectivity index (χ2v) is 6.53. The largest absolute Gasteiger partial charge is 0.394 e. The minimum absolute atomic E-state index is 0.00613. The van der Waals surface area contributed by atoms with Crippen molar-refractivity contribution in [1.82, 2.24) is 25.1 Å². The van der Waals surface area contributed by atoms with Crippen molar-refractivity contribution in [2.75, 3.05) is 23.8 Å². The van der Waals surface area contributed by atoms with Crippen molar-refractivity contribution in [1.29, 1.82) is 5.26 Å². The van der Waals surface area contributed by atoms with Crippen molar-refractivity contribution >= 4 is 35.0 Å². The SMILES string of the molecule is N#CCNC(=O)c1cccc(CNc2nc(Nc3cnn(CCO)c3)ncc2Cl)c1. The molecule has 0 saturated carbocycles. The summed E-state index contributed by atoms with van der Waals surface area (Å²) in [7, 11) is 0. The van der Waals surface area contributed by atoms with Crippen molar-refractivity contribution in [3.63, 3.8) is 0 Å². The summed E-state index contributed by atoms with van der Waals surface area (Å²) < 4.78 is 1.59. The molecule has 0 unspecified atom stereocenters. The zero-order valence-electron chi connectivity index (χ0n) is 15.8. The first-order valence-corrected chi connectivity index (χ1v) is 9.37. The fourth-order valence-corrected chi connectivity index (χ4v) is 2.72. The predicted molar refractivity (Wildman–Crippen MR) is 111 cm³/mol. The molecule has 0 bridgehead atoms. The van der Waals surface area contributed by atoms with Crippen LogP contribution in [0, 0.1) is 11.3 Å². The van der Waals surface area contributed by atoms with E-state index in [0.29, 0.717) is 41.1 Å². The summed E-state index contributed by atoms with van der Waals surface area (Å²) in [5.74, 6) is 0.443. The Balaban J connectivity index is 1.66. The van der Waals surface area contributed by atoms with Crippen molar-refractivity contribution in [3.8, 4) is 6.07 Å². The van der Waals surface area contributed by atoms with E-state index in [-0.39, 0.29) is 19.1 Å². The summed E-state index contributed by atoms with van der Waals surface area (Å²) in [6.07, 6.45) is 4.80. The quantitative estimate of drug-likeness (QED) is 0.380. The van der Waals surface area contributed by atoms with E-state index in [0.717, 1.165) is 5.56 Å². The summed E-state index contributed by atoms with van der Waals surface area (Å²) in [6.45, 7) is 0.716. The number of nitrogens with zero attached hydrogens (tertiary/aromatic N) is 5. The molecule has 2 heterocycles. The molecule has 0 atom stereocenters. The Morgan fingerprint density at radius 1 is 1.33 bits per heavy atom. The molecule has 0 saturated heterocycles. The maximum absolute atomic E-state index is 12.0. The molecule has 0 aliphatic heterocycles. The number of aliphatic hydroxyl groups is 1. The van der Waals surface area contributed by atoms with Crippen LogP contribution in [0.1, 0.15) is 15.9 Å². The minimum Gasteiger partial charge on any atom is -0.394 e. The first-order chi connectivity index (χ1) is 14.6. The lowest BCUT2D eigenvalue weighted by Gasteiger charge is -2.10. The van der Waals surface area contributed by atoms with E-state index < -0.39 is 0 Å². The van der Waals surface area contributed by atoms with Gasteiger partial charge in [0, 0.05) is 18.3 Å². The highest BCUT2D eigenvalue weighted by Gasteiger charge is 2.09. The Hall–Kier alpha value is -3.68. The Labute approximate surface area is 177 Å². The molecular formula is C19H19ClN8O2. The van der Waals surface area contributed by atoms with Gasteiger partial charge in [0.15, 0.2) is 5.82 Å². The number of aromatic nitrogens is 4. The van der Waals surface area contributed by atoms with Crippen molar-refractivity contribution in [3.05, 3.63) is 59.0 Å². The standard InChI is InChI=1S/C19H19ClN8O2/c20-16-11-24-19(26-15-10-25-28(12-15)6-7-29)27-17(16)23-9-13-2-1-3-14(8-13)18(30)22-5-4-21/h1-3,8,10-12,29H,5-7,9H2,(H,22,30)(H2,23,24,26,27). The minimum atomic E-state index is -0.313. The Bertz CT molecular complexity index is 1060. The van der Waals surface area contributed by atoms with Crippen LogP contribution in [0.15, 0.2) is 42.9 Å². The van der Waals surface area contributed by atoms with Gasteiger partial charge < -0.3 is 21.1 Å². The van der Waals surface area contributed by atoms with Crippen LogP contribution in [0.2, 0.25) is 5.02 Å². The van der Waals surface area contributed by atoms with Crippen molar-refractivity contribution in [2.45, 2.75) is 13.1 Å². The Morgan fingerprint density at radius 3 is 3.00 bits per heavy atom. The number of rotatable bonds is 9. The van der Waals surface area contributed by atoms with Gasteiger partial charge in [-0.3, -0.25) is 9.48 Å². The lowest BCUT2D eigenvalue weighted by molar-refractivity contribution is 0.0958. The van der Waals surface area contributed by atoms with E-state index >= 15 is 0 Å². The summed E-state index contributed by atoms with van der Waals surface area (Å²) in [5.41, 5.74) is 1.97. The maximum Gasteiger partial charge on any atom is 0.252 e. The van der Waals surface area contributed by atoms with E-state index in [9.17, 15) is 4.79 Å². The zero-order chi connectivity index (χ0) is 21.3.